The van der Waals surface area contributed by atoms with E-state index in [1.807, 2.05) is 25.1 Å². The van der Waals surface area contributed by atoms with Crippen molar-refractivity contribution < 1.29 is 17.9 Å². The monoisotopic (exact) mass is 436 g/mol. The van der Waals surface area contributed by atoms with Gasteiger partial charge in [-0.1, -0.05) is 55.1 Å². The van der Waals surface area contributed by atoms with Crippen LogP contribution in [0.15, 0.2) is 61.2 Å². The quantitative estimate of drug-likeness (QED) is 0.378. The van der Waals surface area contributed by atoms with Gasteiger partial charge < -0.3 is 4.74 Å². The standard InChI is InChI=1S/C28H27F3O/c1-3-18-5-7-20(8-6-18)23-14-15-24(28(31)27(23)30)21-11-9-19(10-12-21)22-13-16-26(32-4-2)25(29)17-22/h3,5-8,13-17,19,21H,1,4,9-12H2,2H3. The van der Waals surface area contributed by atoms with Gasteiger partial charge in [0.1, 0.15) is 0 Å². The molecule has 1 aliphatic carbocycles. The third-order valence-corrected chi connectivity index (χ3v) is 6.46. The van der Waals surface area contributed by atoms with E-state index >= 15 is 4.39 Å². The van der Waals surface area contributed by atoms with Crippen molar-refractivity contribution in [1.82, 2.24) is 0 Å². The first-order chi connectivity index (χ1) is 15.5. The molecule has 0 spiro atoms. The highest BCUT2D eigenvalue weighted by Gasteiger charge is 2.27. The fourth-order valence-corrected chi connectivity index (χ4v) is 4.68. The molecule has 0 amide bonds. The van der Waals surface area contributed by atoms with Crippen molar-refractivity contribution in [2.24, 2.45) is 0 Å². The molecule has 0 bridgehead atoms. The Bertz CT molecular complexity index is 1100. The normalized spacial score (nSPS) is 18.4. The molecule has 4 heteroatoms. The molecule has 0 heterocycles. The minimum atomic E-state index is -0.801. The van der Waals surface area contributed by atoms with Crippen LogP contribution >= 0.6 is 0 Å². The van der Waals surface area contributed by atoms with Crippen LogP contribution in [0.2, 0.25) is 0 Å². The third-order valence-electron chi connectivity index (χ3n) is 6.46. The highest BCUT2D eigenvalue weighted by atomic mass is 19.2. The lowest BCUT2D eigenvalue weighted by Crippen LogP contribution is -2.14. The lowest BCUT2D eigenvalue weighted by molar-refractivity contribution is 0.320. The molecule has 3 aromatic carbocycles. The first-order valence-corrected chi connectivity index (χ1v) is 11.1. The van der Waals surface area contributed by atoms with E-state index in [9.17, 15) is 8.78 Å². The van der Waals surface area contributed by atoms with Crippen molar-refractivity contribution in [3.8, 4) is 16.9 Å². The minimum Gasteiger partial charge on any atom is -0.491 e. The summed E-state index contributed by atoms with van der Waals surface area (Å²) >= 11 is 0. The molecule has 1 fully saturated rings. The summed E-state index contributed by atoms with van der Waals surface area (Å²) in [6, 6.07) is 15.7. The topological polar surface area (TPSA) is 9.23 Å². The van der Waals surface area contributed by atoms with Gasteiger partial charge in [0.25, 0.3) is 0 Å². The molecule has 0 aliphatic heterocycles. The Hall–Kier alpha value is -3.01. The number of ether oxygens (including phenoxy) is 1. The summed E-state index contributed by atoms with van der Waals surface area (Å²) in [5.74, 6) is -1.47. The molecule has 1 nitrogen and oxygen atoms in total. The van der Waals surface area contributed by atoms with E-state index in [-0.39, 0.29) is 29.0 Å². The van der Waals surface area contributed by atoms with Gasteiger partial charge >= 0.3 is 0 Å². The zero-order valence-electron chi connectivity index (χ0n) is 18.2. The Kier molecular flexibility index (Phi) is 6.69. The zero-order valence-corrected chi connectivity index (χ0v) is 18.2. The van der Waals surface area contributed by atoms with Crippen LogP contribution in [0.5, 0.6) is 5.75 Å². The molecule has 4 rings (SSSR count). The van der Waals surface area contributed by atoms with E-state index < -0.39 is 11.6 Å². The van der Waals surface area contributed by atoms with E-state index in [2.05, 4.69) is 6.58 Å². The van der Waals surface area contributed by atoms with Crippen LogP contribution in [0, 0.1) is 17.5 Å². The van der Waals surface area contributed by atoms with Gasteiger partial charge in [0.05, 0.1) is 6.61 Å². The predicted molar refractivity (Wildman–Crippen MR) is 123 cm³/mol. The Morgan fingerprint density at radius 3 is 2.19 bits per heavy atom. The van der Waals surface area contributed by atoms with Gasteiger partial charge in [-0.05, 0) is 78.8 Å². The van der Waals surface area contributed by atoms with Crippen molar-refractivity contribution in [3.05, 3.63) is 95.3 Å². The number of rotatable bonds is 6. The number of hydrogen-bond acceptors (Lipinski definition) is 1. The van der Waals surface area contributed by atoms with Crippen molar-refractivity contribution in [3.63, 3.8) is 0 Å². The second-order valence-corrected chi connectivity index (χ2v) is 8.33. The summed E-state index contributed by atoms with van der Waals surface area (Å²) < 4.78 is 49.4. The first-order valence-electron chi connectivity index (χ1n) is 11.1. The number of benzene rings is 3. The van der Waals surface area contributed by atoms with Gasteiger partial charge in [0.15, 0.2) is 23.2 Å². The Morgan fingerprint density at radius 1 is 0.875 bits per heavy atom. The lowest BCUT2D eigenvalue weighted by atomic mass is 9.76. The lowest BCUT2D eigenvalue weighted by Gasteiger charge is -2.29. The van der Waals surface area contributed by atoms with Crippen LogP contribution in [0.25, 0.3) is 17.2 Å². The molecule has 0 aromatic heterocycles. The first kappa shape index (κ1) is 22.2. The fourth-order valence-electron chi connectivity index (χ4n) is 4.68. The molecule has 0 N–H and O–H groups in total. The summed E-state index contributed by atoms with van der Waals surface area (Å²) in [7, 11) is 0. The molecule has 0 unspecified atom stereocenters. The highest BCUT2D eigenvalue weighted by molar-refractivity contribution is 5.66. The Balaban J connectivity index is 1.48. The number of halogens is 3. The molecule has 1 saturated carbocycles. The van der Waals surface area contributed by atoms with Gasteiger partial charge in [-0.3, -0.25) is 0 Å². The highest BCUT2D eigenvalue weighted by Crippen LogP contribution is 2.42. The Morgan fingerprint density at radius 2 is 1.56 bits per heavy atom. The van der Waals surface area contributed by atoms with Gasteiger partial charge in [-0.15, -0.1) is 0 Å². The maximum Gasteiger partial charge on any atom is 0.166 e. The largest absolute Gasteiger partial charge is 0.491 e. The van der Waals surface area contributed by atoms with Crippen LogP contribution in [-0.4, -0.2) is 6.61 Å². The van der Waals surface area contributed by atoms with E-state index in [0.29, 0.717) is 17.7 Å². The maximum absolute atomic E-state index is 15.0. The average Bonchev–Trinajstić information content (AvgIpc) is 2.82. The summed E-state index contributed by atoms with van der Waals surface area (Å²) in [6.45, 7) is 5.95. The summed E-state index contributed by atoms with van der Waals surface area (Å²) in [5.41, 5.74) is 3.20. The van der Waals surface area contributed by atoms with Crippen molar-refractivity contribution in [1.29, 1.82) is 0 Å². The molecule has 32 heavy (non-hydrogen) atoms. The van der Waals surface area contributed by atoms with Crippen LogP contribution in [0.3, 0.4) is 0 Å². The molecular weight excluding hydrogens is 409 g/mol. The summed E-state index contributed by atoms with van der Waals surface area (Å²) in [5, 5.41) is 0. The summed E-state index contributed by atoms with van der Waals surface area (Å²) in [4.78, 5) is 0. The minimum absolute atomic E-state index is 0.0366. The van der Waals surface area contributed by atoms with Gasteiger partial charge in [-0.25, -0.2) is 13.2 Å². The molecule has 0 radical (unpaired) electrons. The molecule has 1 aliphatic rings. The van der Waals surface area contributed by atoms with Gasteiger partial charge in [0.2, 0.25) is 0 Å². The van der Waals surface area contributed by atoms with E-state index in [4.69, 9.17) is 4.74 Å². The van der Waals surface area contributed by atoms with E-state index in [1.54, 1.807) is 42.5 Å². The second-order valence-electron chi connectivity index (χ2n) is 8.33. The van der Waals surface area contributed by atoms with E-state index in [0.717, 1.165) is 36.8 Å². The average molecular weight is 437 g/mol. The molecular formula is C28H27F3O. The van der Waals surface area contributed by atoms with Crippen LogP contribution < -0.4 is 4.74 Å². The smallest absolute Gasteiger partial charge is 0.166 e. The van der Waals surface area contributed by atoms with E-state index in [1.165, 1.54) is 0 Å². The van der Waals surface area contributed by atoms with Crippen LogP contribution in [0.4, 0.5) is 13.2 Å². The zero-order chi connectivity index (χ0) is 22.7. The maximum atomic E-state index is 15.0. The van der Waals surface area contributed by atoms with Crippen molar-refractivity contribution >= 4 is 6.08 Å². The molecule has 3 aromatic rings. The van der Waals surface area contributed by atoms with Crippen molar-refractivity contribution in [2.75, 3.05) is 6.61 Å². The predicted octanol–water partition coefficient (Wildman–Crippen LogP) is 8.25. The van der Waals surface area contributed by atoms with Gasteiger partial charge in [0, 0.05) is 5.56 Å². The SMILES string of the molecule is C=Cc1ccc(-c2ccc(C3CCC(c4ccc(OCC)c(F)c4)CC3)c(F)c2F)cc1. The Labute approximate surface area is 187 Å². The second kappa shape index (κ2) is 9.64. The molecule has 0 atom stereocenters. The van der Waals surface area contributed by atoms with Gasteiger partial charge in [-0.2, -0.15) is 0 Å². The summed E-state index contributed by atoms with van der Waals surface area (Å²) in [6.07, 6.45) is 4.81. The molecule has 0 saturated heterocycles. The fraction of sp³-hybridized carbons (Fsp3) is 0.286. The van der Waals surface area contributed by atoms with Crippen LogP contribution in [0.1, 0.15) is 61.1 Å². The van der Waals surface area contributed by atoms with Crippen molar-refractivity contribution in [2.45, 2.75) is 44.4 Å². The third kappa shape index (κ3) is 4.45. The molecule has 166 valence electrons. The number of hydrogen-bond donors (Lipinski definition) is 0. The van der Waals surface area contributed by atoms with Crippen LogP contribution in [-0.2, 0) is 0 Å².